The Bertz CT molecular complexity index is 642. The van der Waals surface area contributed by atoms with Gasteiger partial charge in [0.2, 0.25) is 0 Å². The number of rotatable bonds is 5. The van der Waals surface area contributed by atoms with Gasteiger partial charge in [0.15, 0.2) is 0 Å². The van der Waals surface area contributed by atoms with Gasteiger partial charge in [-0.05, 0) is 105 Å². The van der Waals surface area contributed by atoms with E-state index in [2.05, 4.69) is 20.8 Å². The monoisotopic (exact) mass is 402 g/mol. The van der Waals surface area contributed by atoms with Crippen LogP contribution in [0.15, 0.2) is 0 Å². The van der Waals surface area contributed by atoms with Gasteiger partial charge in [-0.3, -0.25) is 9.59 Å². The van der Waals surface area contributed by atoms with E-state index in [1.165, 1.54) is 38.5 Å². The van der Waals surface area contributed by atoms with Gasteiger partial charge in [0.05, 0.1) is 6.61 Å². The lowest BCUT2D eigenvalue weighted by Gasteiger charge is -2.60. The van der Waals surface area contributed by atoms with Crippen molar-refractivity contribution in [2.45, 2.75) is 98.3 Å². The smallest absolute Gasteiger partial charge is 0.305 e. The highest BCUT2D eigenvalue weighted by Gasteiger charge is 2.60. The standard InChI is InChI=1S/C26H42O3/c1-5-29-24(28)11-6-17(2)21-9-10-22-20-8-7-18-16-19(27)12-14-25(18,3)23(20)13-15-26(21,22)4/h17-18,20-23H,5-16H2,1-4H3/t17-,18-,20?,21?,22?,23?,25+,26-/m1/s1. The third-order valence-electron chi connectivity index (χ3n) is 10.4. The summed E-state index contributed by atoms with van der Waals surface area (Å²) in [7, 11) is 0. The lowest BCUT2D eigenvalue weighted by molar-refractivity contribution is -0.144. The first-order chi connectivity index (χ1) is 13.8. The molecule has 0 saturated heterocycles. The quantitative estimate of drug-likeness (QED) is 0.515. The van der Waals surface area contributed by atoms with Crippen LogP contribution in [0.2, 0.25) is 0 Å². The molecule has 0 radical (unpaired) electrons. The third-order valence-corrected chi connectivity index (χ3v) is 10.4. The van der Waals surface area contributed by atoms with Crippen LogP contribution in [0.3, 0.4) is 0 Å². The fraction of sp³-hybridized carbons (Fsp3) is 0.923. The molecule has 4 fully saturated rings. The second-order valence-corrected chi connectivity index (χ2v) is 11.4. The minimum Gasteiger partial charge on any atom is -0.466 e. The zero-order valence-electron chi connectivity index (χ0n) is 19.2. The van der Waals surface area contributed by atoms with Gasteiger partial charge in [-0.15, -0.1) is 0 Å². The lowest BCUT2D eigenvalue weighted by atomic mass is 9.44. The molecule has 0 N–H and O–H groups in total. The molecule has 0 heterocycles. The van der Waals surface area contributed by atoms with Crippen LogP contribution in [0.4, 0.5) is 0 Å². The largest absolute Gasteiger partial charge is 0.466 e. The summed E-state index contributed by atoms with van der Waals surface area (Å²) >= 11 is 0. The molecule has 0 aromatic heterocycles. The molecule has 4 rings (SSSR count). The van der Waals surface area contributed by atoms with E-state index in [1.54, 1.807) is 0 Å². The van der Waals surface area contributed by atoms with Crippen molar-refractivity contribution in [2.24, 2.45) is 46.3 Å². The Morgan fingerprint density at radius 1 is 1.07 bits per heavy atom. The van der Waals surface area contributed by atoms with Crippen LogP contribution in [0.25, 0.3) is 0 Å². The van der Waals surface area contributed by atoms with Crippen LogP contribution in [0.1, 0.15) is 98.3 Å². The summed E-state index contributed by atoms with van der Waals surface area (Å²) in [6.07, 6.45) is 12.4. The van der Waals surface area contributed by atoms with E-state index in [4.69, 9.17) is 4.74 Å². The number of Topliss-reactive ketones (excluding diaryl/α,β-unsaturated/α-hetero) is 1. The maximum Gasteiger partial charge on any atom is 0.305 e. The first-order valence-electron chi connectivity index (χ1n) is 12.5. The Hall–Kier alpha value is -0.860. The highest BCUT2D eigenvalue weighted by molar-refractivity contribution is 5.79. The number of fused-ring (bicyclic) bond motifs is 5. The van der Waals surface area contributed by atoms with E-state index < -0.39 is 0 Å². The molecule has 0 spiro atoms. The Labute approximate surface area is 177 Å². The number of hydrogen-bond donors (Lipinski definition) is 0. The van der Waals surface area contributed by atoms with Gasteiger partial charge in [0.25, 0.3) is 0 Å². The van der Waals surface area contributed by atoms with Gasteiger partial charge in [0, 0.05) is 19.3 Å². The van der Waals surface area contributed by atoms with Crippen molar-refractivity contribution in [2.75, 3.05) is 6.61 Å². The Morgan fingerprint density at radius 3 is 2.59 bits per heavy atom. The fourth-order valence-electron chi connectivity index (χ4n) is 8.80. The van der Waals surface area contributed by atoms with E-state index in [0.29, 0.717) is 41.5 Å². The van der Waals surface area contributed by atoms with Crippen molar-refractivity contribution in [3.8, 4) is 0 Å². The molecule has 4 unspecified atom stereocenters. The summed E-state index contributed by atoms with van der Waals surface area (Å²) in [6, 6.07) is 0. The number of esters is 1. The molecule has 0 aromatic rings. The summed E-state index contributed by atoms with van der Waals surface area (Å²) in [6.45, 7) is 9.89. The molecule has 4 aliphatic carbocycles. The van der Waals surface area contributed by atoms with Gasteiger partial charge in [-0.2, -0.15) is 0 Å². The number of carbonyl (C=O) groups is 2. The summed E-state index contributed by atoms with van der Waals surface area (Å²) in [5.41, 5.74) is 0.856. The van der Waals surface area contributed by atoms with Gasteiger partial charge >= 0.3 is 5.97 Å². The molecule has 3 nitrogen and oxygen atoms in total. The number of hydrogen-bond acceptors (Lipinski definition) is 3. The summed E-state index contributed by atoms with van der Waals surface area (Å²) < 4.78 is 5.16. The third kappa shape index (κ3) is 3.59. The number of ketones is 1. The second kappa shape index (κ2) is 8.00. The molecule has 164 valence electrons. The van der Waals surface area contributed by atoms with Crippen LogP contribution in [-0.4, -0.2) is 18.4 Å². The minimum absolute atomic E-state index is 0.0270. The van der Waals surface area contributed by atoms with Crippen molar-refractivity contribution in [1.82, 2.24) is 0 Å². The molecule has 0 bridgehead atoms. The Balaban J connectivity index is 1.46. The summed E-state index contributed by atoms with van der Waals surface area (Å²) in [4.78, 5) is 23.9. The topological polar surface area (TPSA) is 43.4 Å². The van der Waals surface area contributed by atoms with Crippen LogP contribution >= 0.6 is 0 Å². The van der Waals surface area contributed by atoms with Crippen LogP contribution < -0.4 is 0 Å². The first kappa shape index (κ1) is 21.4. The van der Waals surface area contributed by atoms with Crippen molar-refractivity contribution >= 4 is 11.8 Å². The SMILES string of the molecule is CCOC(=O)CC[C@@H](C)C1CCC2C3CC[C@@H]4CC(=O)CC[C@]4(C)C3CC[C@@]21C. The summed E-state index contributed by atoms with van der Waals surface area (Å²) in [5, 5.41) is 0. The van der Waals surface area contributed by atoms with Crippen molar-refractivity contribution < 1.29 is 14.3 Å². The molecule has 0 aliphatic heterocycles. The zero-order chi connectivity index (χ0) is 20.8. The van der Waals surface area contributed by atoms with Crippen LogP contribution in [0.5, 0.6) is 0 Å². The highest BCUT2D eigenvalue weighted by atomic mass is 16.5. The predicted molar refractivity (Wildman–Crippen MR) is 115 cm³/mol. The average molecular weight is 403 g/mol. The van der Waals surface area contributed by atoms with Gasteiger partial charge < -0.3 is 4.74 Å². The van der Waals surface area contributed by atoms with E-state index in [-0.39, 0.29) is 5.97 Å². The van der Waals surface area contributed by atoms with Crippen molar-refractivity contribution in [3.63, 3.8) is 0 Å². The molecule has 8 atom stereocenters. The molecular weight excluding hydrogens is 360 g/mol. The average Bonchev–Trinajstić information content (AvgIpc) is 3.04. The van der Waals surface area contributed by atoms with Crippen LogP contribution in [0, 0.1) is 46.3 Å². The Morgan fingerprint density at radius 2 is 1.83 bits per heavy atom. The minimum atomic E-state index is -0.0270. The van der Waals surface area contributed by atoms with Gasteiger partial charge in [-0.25, -0.2) is 0 Å². The predicted octanol–water partition coefficient (Wildman–Crippen LogP) is 6.19. The Kier molecular flexibility index (Phi) is 5.90. The molecule has 29 heavy (non-hydrogen) atoms. The molecule has 3 heteroatoms. The first-order valence-corrected chi connectivity index (χ1v) is 12.5. The second-order valence-electron chi connectivity index (χ2n) is 11.4. The molecule has 0 amide bonds. The van der Waals surface area contributed by atoms with E-state index in [9.17, 15) is 9.59 Å². The fourth-order valence-corrected chi connectivity index (χ4v) is 8.80. The van der Waals surface area contributed by atoms with E-state index in [1.807, 2.05) is 6.92 Å². The number of carbonyl (C=O) groups excluding carboxylic acids is 2. The maximum absolute atomic E-state index is 12.1. The highest BCUT2D eigenvalue weighted by Crippen LogP contribution is 2.68. The molecular formula is C26H42O3. The van der Waals surface area contributed by atoms with Crippen molar-refractivity contribution in [3.05, 3.63) is 0 Å². The van der Waals surface area contributed by atoms with E-state index in [0.717, 1.165) is 49.4 Å². The van der Waals surface area contributed by atoms with Crippen LogP contribution in [-0.2, 0) is 14.3 Å². The van der Waals surface area contributed by atoms with Gasteiger partial charge in [0.1, 0.15) is 5.78 Å². The molecule has 4 saturated carbocycles. The van der Waals surface area contributed by atoms with Crippen molar-refractivity contribution in [1.29, 1.82) is 0 Å². The molecule has 4 aliphatic rings. The van der Waals surface area contributed by atoms with Gasteiger partial charge in [-0.1, -0.05) is 20.8 Å². The zero-order valence-corrected chi connectivity index (χ0v) is 19.2. The lowest BCUT2D eigenvalue weighted by Crippen LogP contribution is -2.53. The maximum atomic E-state index is 12.1. The number of ether oxygens (including phenoxy) is 1. The normalized spacial score (nSPS) is 45.1. The molecule has 0 aromatic carbocycles. The summed E-state index contributed by atoms with van der Waals surface area (Å²) in [5.74, 6) is 5.04. The van der Waals surface area contributed by atoms with E-state index >= 15 is 0 Å².